The van der Waals surface area contributed by atoms with Crippen molar-refractivity contribution < 1.29 is 9.94 Å². The van der Waals surface area contributed by atoms with Gasteiger partial charge >= 0.3 is 0 Å². The van der Waals surface area contributed by atoms with Gasteiger partial charge in [-0.1, -0.05) is 21.1 Å². The number of anilines is 1. The lowest BCUT2D eigenvalue weighted by Crippen LogP contribution is -2.53. The molecule has 0 bridgehead atoms. The van der Waals surface area contributed by atoms with Crippen molar-refractivity contribution in [3.63, 3.8) is 0 Å². The van der Waals surface area contributed by atoms with Gasteiger partial charge in [-0.3, -0.25) is 0 Å². The molecule has 0 saturated carbocycles. The summed E-state index contributed by atoms with van der Waals surface area (Å²) in [5.41, 5.74) is 7.30. The summed E-state index contributed by atoms with van der Waals surface area (Å²) < 4.78 is 6.49. The standard InChI is InChI=1S/C13H18BrN3O2/c1-13(2)8-19-6-5-17(13)11-7-9(14)3-4-10(11)12(15)16-18/h3-4,7,18H,5-6,8H2,1-2H3,(H2,15,16). The van der Waals surface area contributed by atoms with Gasteiger partial charge in [-0.15, -0.1) is 0 Å². The normalized spacial score (nSPS) is 19.5. The number of hydrogen-bond acceptors (Lipinski definition) is 4. The Morgan fingerprint density at radius 2 is 2.26 bits per heavy atom. The fourth-order valence-electron chi connectivity index (χ4n) is 2.30. The Balaban J connectivity index is 2.50. The number of morpholine rings is 1. The van der Waals surface area contributed by atoms with E-state index in [1.54, 1.807) is 0 Å². The van der Waals surface area contributed by atoms with Gasteiger partial charge in [0.2, 0.25) is 0 Å². The van der Waals surface area contributed by atoms with Crippen LogP contribution in [-0.4, -0.2) is 36.3 Å². The maximum atomic E-state index is 8.92. The van der Waals surface area contributed by atoms with Crippen molar-refractivity contribution in [3.8, 4) is 0 Å². The molecule has 1 aliphatic rings. The molecule has 0 aliphatic carbocycles. The SMILES string of the molecule is CC1(C)COCCN1c1cc(Br)ccc1/C(N)=N/O. The minimum absolute atomic E-state index is 0.116. The molecule has 0 unspecified atom stereocenters. The molecule has 19 heavy (non-hydrogen) atoms. The van der Waals surface area contributed by atoms with Gasteiger partial charge in [0.25, 0.3) is 0 Å². The first-order valence-electron chi connectivity index (χ1n) is 6.08. The number of rotatable bonds is 2. The second-order valence-corrected chi connectivity index (χ2v) is 6.08. The summed E-state index contributed by atoms with van der Waals surface area (Å²) in [5.74, 6) is 0.116. The lowest BCUT2D eigenvalue weighted by molar-refractivity contribution is 0.0644. The average molecular weight is 328 g/mol. The minimum Gasteiger partial charge on any atom is -0.409 e. The highest BCUT2D eigenvalue weighted by molar-refractivity contribution is 9.10. The van der Waals surface area contributed by atoms with E-state index in [4.69, 9.17) is 15.7 Å². The van der Waals surface area contributed by atoms with E-state index in [0.29, 0.717) is 13.2 Å². The lowest BCUT2D eigenvalue weighted by atomic mass is 9.99. The quantitative estimate of drug-likeness (QED) is 0.378. The molecule has 1 saturated heterocycles. The van der Waals surface area contributed by atoms with Crippen molar-refractivity contribution in [2.45, 2.75) is 19.4 Å². The molecule has 0 atom stereocenters. The fourth-order valence-corrected chi connectivity index (χ4v) is 2.65. The molecule has 0 radical (unpaired) electrons. The lowest BCUT2D eigenvalue weighted by Gasteiger charge is -2.44. The number of hydrogen-bond donors (Lipinski definition) is 2. The zero-order chi connectivity index (χ0) is 14.0. The van der Waals surface area contributed by atoms with Crippen LogP contribution in [0.3, 0.4) is 0 Å². The van der Waals surface area contributed by atoms with Gasteiger partial charge < -0.3 is 20.6 Å². The minimum atomic E-state index is -0.135. The summed E-state index contributed by atoms with van der Waals surface area (Å²) >= 11 is 3.47. The number of amidine groups is 1. The predicted octanol–water partition coefficient (Wildman–Crippen LogP) is 2.16. The van der Waals surface area contributed by atoms with Gasteiger partial charge in [0, 0.05) is 22.3 Å². The summed E-state index contributed by atoms with van der Waals surface area (Å²) in [6.07, 6.45) is 0. The second-order valence-electron chi connectivity index (χ2n) is 5.16. The molecule has 1 aliphatic heterocycles. The Morgan fingerprint density at radius 1 is 1.53 bits per heavy atom. The molecule has 0 amide bonds. The Hall–Kier alpha value is -1.27. The van der Waals surface area contributed by atoms with Crippen molar-refractivity contribution >= 4 is 27.5 Å². The van der Waals surface area contributed by atoms with E-state index in [-0.39, 0.29) is 11.4 Å². The van der Waals surface area contributed by atoms with Crippen LogP contribution in [-0.2, 0) is 4.74 Å². The Kier molecular flexibility index (Phi) is 4.01. The van der Waals surface area contributed by atoms with Crippen LogP contribution in [0.4, 0.5) is 5.69 Å². The van der Waals surface area contributed by atoms with Gasteiger partial charge in [0.15, 0.2) is 5.84 Å². The molecule has 3 N–H and O–H groups in total. The molecule has 6 heteroatoms. The van der Waals surface area contributed by atoms with Crippen molar-refractivity contribution in [2.24, 2.45) is 10.9 Å². The zero-order valence-electron chi connectivity index (χ0n) is 11.1. The fraction of sp³-hybridized carbons (Fsp3) is 0.462. The van der Waals surface area contributed by atoms with Crippen LogP contribution in [0.25, 0.3) is 0 Å². The monoisotopic (exact) mass is 327 g/mol. The van der Waals surface area contributed by atoms with Gasteiger partial charge in [-0.05, 0) is 32.0 Å². The number of ether oxygens (including phenoxy) is 1. The molecule has 1 aromatic carbocycles. The zero-order valence-corrected chi connectivity index (χ0v) is 12.6. The van der Waals surface area contributed by atoms with Crippen molar-refractivity contribution in [2.75, 3.05) is 24.7 Å². The Bertz CT molecular complexity index is 503. The largest absolute Gasteiger partial charge is 0.409 e. The van der Waals surface area contributed by atoms with E-state index in [2.05, 4.69) is 39.8 Å². The molecular weight excluding hydrogens is 310 g/mol. The van der Waals surface area contributed by atoms with E-state index >= 15 is 0 Å². The summed E-state index contributed by atoms with van der Waals surface area (Å²) in [4.78, 5) is 2.23. The van der Waals surface area contributed by atoms with Crippen molar-refractivity contribution in [3.05, 3.63) is 28.2 Å². The van der Waals surface area contributed by atoms with Crippen molar-refractivity contribution in [1.29, 1.82) is 0 Å². The number of nitrogens with two attached hydrogens (primary N) is 1. The van der Waals surface area contributed by atoms with E-state index in [0.717, 1.165) is 22.3 Å². The van der Waals surface area contributed by atoms with Gasteiger partial charge in [0.1, 0.15) is 0 Å². The summed E-state index contributed by atoms with van der Waals surface area (Å²) in [6, 6.07) is 5.71. The Labute approximate surface area is 121 Å². The van der Waals surface area contributed by atoms with E-state index in [1.165, 1.54) is 0 Å². The van der Waals surface area contributed by atoms with Crippen LogP contribution in [0.1, 0.15) is 19.4 Å². The van der Waals surface area contributed by atoms with E-state index in [9.17, 15) is 0 Å². The number of oxime groups is 1. The first-order valence-corrected chi connectivity index (χ1v) is 6.88. The van der Waals surface area contributed by atoms with Crippen molar-refractivity contribution in [1.82, 2.24) is 0 Å². The van der Waals surface area contributed by atoms with Crippen LogP contribution in [0.15, 0.2) is 27.8 Å². The molecule has 0 aromatic heterocycles. The van der Waals surface area contributed by atoms with Crippen LogP contribution >= 0.6 is 15.9 Å². The average Bonchev–Trinajstić information content (AvgIpc) is 2.37. The maximum absolute atomic E-state index is 8.92. The highest BCUT2D eigenvalue weighted by atomic mass is 79.9. The molecule has 1 aromatic rings. The topological polar surface area (TPSA) is 71.1 Å². The molecule has 2 rings (SSSR count). The first kappa shape index (κ1) is 14.1. The second kappa shape index (κ2) is 5.38. The molecule has 1 fully saturated rings. The van der Waals surface area contributed by atoms with E-state index in [1.807, 2.05) is 18.2 Å². The summed E-state index contributed by atoms with van der Waals surface area (Å²) in [5, 5.41) is 12.0. The molecular formula is C13H18BrN3O2. The number of benzene rings is 1. The first-order chi connectivity index (χ1) is 8.95. The Morgan fingerprint density at radius 3 is 2.89 bits per heavy atom. The highest BCUT2D eigenvalue weighted by Gasteiger charge is 2.32. The summed E-state index contributed by atoms with van der Waals surface area (Å²) in [6.45, 7) is 6.32. The molecule has 5 nitrogen and oxygen atoms in total. The highest BCUT2D eigenvalue weighted by Crippen LogP contribution is 2.32. The van der Waals surface area contributed by atoms with Crippen LogP contribution in [0.5, 0.6) is 0 Å². The van der Waals surface area contributed by atoms with Crippen LogP contribution in [0, 0.1) is 0 Å². The van der Waals surface area contributed by atoms with E-state index < -0.39 is 0 Å². The number of halogens is 1. The third-order valence-corrected chi connectivity index (χ3v) is 3.77. The molecule has 1 heterocycles. The smallest absolute Gasteiger partial charge is 0.172 e. The molecule has 0 spiro atoms. The van der Waals surface area contributed by atoms with Gasteiger partial charge in [-0.2, -0.15) is 0 Å². The third-order valence-electron chi connectivity index (χ3n) is 3.28. The van der Waals surface area contributed by atoms with Crippen LogP contribution < -0.4 is 10.6 Å². The van der Waals surface area contributed by atoms with Gasteiger partial charge in [-0.25, -0.2) is 0 Å². The van der Waals surface area contributed by atoms with Crippen LogP contribution in [0.2, 0.25) is 0 Å². The maximum Gasteiger partial charge on any atom is 0.172 e. The summed E-state index contributed by atoms with van der Waals surface area (Å²) in [7, 11) is 0. The number of nitrogens with zero attached hydrogens (tertiary/aromatic N) is 2. The van der Waals surface area contributed by atoms with Gasteiger partial charge in [0.05, 0.1) is 18.8 Å². The molecule has 104 valence electrons. The third kappa shape index (κ3) is 2.84. The predicted molar refractivity (Wildman–Crippen MR) is 78.9 cm³/mol.